The number of aliphatic hydroxyl groups excluding tert-OH is 1. The molecule has 1 aromatic carbocycles. The van der Waals surface area contributed by atoms with Crippen LogP contribution in [0.25, 0.3) is 0 Å². The van der Waals surface area contributed by atoms with Crippen LogP contribution in [0.2, 0.25) is 0 Å². The first-order valence-corrected chi connectivity index (χ1v) is 6.89. The molecule has 0 spiro atoms. The molecule has 4 nitrogen and oxygen atoms in total. The van der Waals surface area contributed by atoms with E-state index in [0.717, 1.165) is 36.9 Å². The van der Waals surface area contributed by atoms with Crippen LogP contribution in [0.1, 0.15) is 41.6 Å². The third-order valence-electron chi connectivity index (χ3n) is 3.74. The first kappa shape index (κ1) is 13.9. The number of hydrogen-bond donors (Lipinski definition) is 3. The second-order valence-electron chi connectivity index (χ2n) is 5.23. The fourth-order valence-corrected chi connectivity index (χ4v) is 2.59. The van der Waals surface area contributed by atoms with Crippen molar-refractivity contribution in [2.45, 2.75) is 44.8 Å². The van der Waals surface area contributed by atoms with Crippen molar-refractivity contribution < 1.29 is 9.90 Å². The number of aryl methyl sites for hydroxylation is 1. The molecule has 1 fully saturated rings. The van der Waals surface area contributed by atoms with Crippen molar-refractivity contribution in [2.24, 2.45) is 0 Å². The molecule has 0 heterocycles. The molecular formula is C15H22N2O2. The molecule has 1 aromatic rings. The van der Waals surface area contributed by atoms with Crippen molar-refractivity contribution in [3.63, 3.8) is 0 Å². The molecule has 3 N–H and O–H groups in total. The highest BCUT2D eigenvalue weighted by molar-refractivity contribution is 6.00. The Hall–Kier alpha value is -1.55. The van der Waals surface area contributed by atoms with Gasteiger partial charge in [-0.25, -0.2) is 0 Å². The monoisotopic (exact) mass is 262 g/mol. The van der Waals surface area contributed by atoms with Crippen molar-refractivity contribution in [1.29, 1.82) is 0 Å². The number of nitrogens with one attached hydrogen (secondary N) is 2. The van der Waals surface area contributed by atoms with Gasteiger partial charge in [0, 0.05) is 12.7 Å². The van der Waals surface area contributed by atoms with E-state index < -0.39 is 6.10 Å². The molecule has 2 unspecified atom stereocenters. The lowest BCUT2D eigenvalue weighted by Crippen LogP contribution is -2.45. The van der Waals surface area contributed by atoms with Crippen molar-refractivity contribution in [2.75, 3.05) is 12.4 Å². The number of carbonyl (C=O) groups excluding carboxylic acids is 1. The number of carbonyl (C=O) groups is 1. The van der Waals surface area contributed by atoms with Crippen molar-refractivity contribution >= 4 is 11.6 Å². The quantitative estimate of drug-likeness (QED) is 0.781. The van der Waals surface area contributed by atoms with Gasteiger partial charge in [0.05, 0.1) is 17.7 Å². The fraction of sp³-hybridized carbons (Fsp3) is 0.533. The summed E-state index contributed by atoms with van der Waals surface area (Å²) in [6.45, 7) is 1.96. The minimum absolute atomic E-state index is 0.112. The standard InChI is InChI=1S/C15H22N2O2/c1-10-7-8-12(16-2)11(9-10)15(19)17-13-5-3-4-6-14(13)18/h7-9,13-14,16,18H,3-6H2,1-2H3,(H,17,19). The molecule has 1 saturated carbocycles. The normalized spacial score (nSPS) is 22.9. The smallest absolute Gasteiger partial charge is 0.253 e. The summed E-state index contributed by atoms with van der Waals surface area (Å²) in [5.74, 6) is -0.112. The van der Waals surface area contributed by atoms with Gasteiger partial charge in [0.1, 0.15) is 0 Å². The van der Waals surface area contributed by atoms with Crippen LogP contribution >= 0.6 is 0 Å². The zero-order chi connectivity index (χ0) is 13.8. The minimum Gasteiger partial charge on any atom is -0.391 e. The Kier molecular flexibility index (Phi) is 4.43. The summed E-state index contributed by atoms with van der Waals surface area (Å²) in [5.41, 5.74) is 2.50. The minimum atomic E-state index is -0.416. The lowest BCUT2D eigenvalue weighted by Gasteiger charge is -2.28. The summed E-state index contributed by atoms with van der Waals surface area (Å²) in [6, 6.07) is 5.63. The third-order valence-corrected chi connectivity index (χ3v) is 3.74. The summed E-state index contributed by atoms with van der Waals surface area (Å²) in [5, 5.41) is 15.9. The van der Waals surface area contributed by atoms with Crippen LogP contribution in [0.15, 0.2) is 18.2 Å². The van der Waals surface area contributed by atoms with Gasteiger partial charge in [-0.2, -0.15) is 0 Å². The first-order valence-electron chi connectivity index (χ1n) is 6.89. The number of amides is 1. The average molecular weight is 262 g/mol. The Bertz CT molecular complexity index is 459. The van der Waals surface area contributed by atoms with Crippen LogP contribution in [0.5, 0.6) is 0 Å². The Labute approximate surface area is 114 Å². The van der Waals surface area contributed by atoms with E-state index in [9.17, 15) is 9.90 Å². The molecule has 4 heteroatoms. The zero-order valence-corrected chi connectivity index (χ0v) is 11.6. The van der Waals surface area contributed by atoms with E-state index in [1.807, 2.05) is 25.1 Å². The van der Waals surface area contributed by atoms with Crippen LogP contribution in [-0.2, 0) is 0 Å². The molecule has 19 heavy (non-hydrogen) atoms. The highest BCUT2D eigenvalue weighted by Crippen LogP contribution is 2.21. The van der Waals surface area contributed by atoms with Gasteiger partial charge in [0.25, 0.3) is 5.91 Å². The van der Waals surface area contributed by atoms with Gasteiger partial charge in [0.2, 0.25) is 0 Å². The predicted octanol–water partition coefficient (Wildman–Crippen LogP) is 2.07. The van der Waals surface area contributed by atoms with Crippen LogP contribution < -0.4 is 10.6 Å². The predicted molar refractivity (Wildman–Crippen MR) is 76.5 cm³/mol. The molecule has 0 bridgehead atoms. The topological polar surface area (TPSA) is 61.4 Å². The number of rotatable bonds is 3. The maximum absolute atomic E-state index is 12.3. The molecule has 0 aliphatic heterocycles. The molecule has 1 amide bonds. The first-order chi connectivity index (χ1) is 9.11. The SMILES string of the molecule is CNc1ccc(C)cc1C(=O)NC1CCCCC1O. The second-order valence-corrected chi connectivity index (χ2v) is 5.23. The molecule has 2 atom stereocenters. The van der Waals surface area contributed by atoms with E-state index in [0.29, 0.717) is 5.56 Å². The number of hydrogen-bond acceptors (Lipinski definition) is 3. The van der Waals surface area contributed by atoms with Gasteiger partial charge in [-0.1, -0.05) is 24.5 Å². The Morgan fingerprint density at radius 1 is 1.32 bits per heavy atom. The van der Waals surface area contributed by atoms with E-state index >= 15 is 0 Å². The van der Waals surface area contributed by atoms with Gasteiger partial charge in [0.15, 0.2) is 0 Å². The molecule has 0 saturated heterocycles. The Morgan fingerprint density at radius 2 is 2.05 bits per heavy atom. The average Bonchev–Trinajstić information content (AvgIpc) is 2.41. The molecular weight excluding hydrogens is 240 g/mol. The number of benzene rings is 1. The van der Waals surface area contributed by atoms with Crippen LogP contribution in [0.3, 0.4) is 0 Å². The van der Waals surface area contributed by atoms with Gasteiger partial charge >= 0.3 is 0 Å². The summed E-state index contributed by atoms with van der Waals surface area (Å²) in [6.07, 6.45) is 3.32. The largest absolute Gasteiger partial charge is 0.391 e. The van der Waals surface area contributed by atoms with Crippen LogP contribution in [0, 0.1) is 6.92 Å². The molecule has 0 radical (unpaired) electrons. The van der Waals surface area contributed by atoms with Crippen molar-refractivity contribution in [1.82, 2.24) is 5.32 Å². The van der Waals surface area contributed by atoms with Crippen molar-refractivity contribution in [3.8, 4) is 0 Å². The highest BCUT2D eigenvalue weighted by Gasteiger charge is 2.25. The van der Waals surface area contributed by atoms with E-state index in [2.05, 4.69) is 10.6 Å². The van der Waals surface area contributed by atoms with Gasteiger partial charge in [-0.05, 0) is 31.9 Å². The molecule has 1 aliphatic carbocycles. The Balaban J connectivity index is 2.13. The molecule has 2 rings (SSSR count). The zero-order valence-electron chi connectivity index (χ0n) is 11.6. The third kappa shape index (κ3) is 3.26. The van der Waals surface area contributed by atoms with E-state index in [-0.39, 0.29) is 11.9 Å². The molecule has 1 aliphatic rings. The number of aliphatic hydroxyl groups is 1. The number of anilines is 1. The maximum Gasteiger partial charge on any atom is 0.253 e. The van der Waals surface area contributed by atoms with Gasteiger partial charge < -0.3 is 15.7 Å². The van der Waals surface area contributed by atoms with Gasteiger partial charge in [-0.3, -0.25) is 4.79 Å². The van der Waals surface area contributed by atoms with E-state index in [4.69, 9.17) is 0 Å². The Morgan fingerprint density at radius 3 is 2.74 bits per heavy atom. The van der Waals surface area contributed by atoms with Crippen molar-refractivity contribution in [3.05, 3.63) is 29.3 Å². The lowest BCUT2D eigenvalue weighted by molar-refractivity contribution is 0.0718. The second kappa shape index (κ2) is 6.06. The maximum atomic E-state index is 12.3. The molecule has 0 aromatic heterocycles. The summed E-state index contributed by atoms with van der Waals surface area (Å²) >= 11 is 0. The summed E-state index contributed by atoms with van der Waals surface area (Å²) in [7, 11) is 1.80. The van der Waals surface area contributed by atoms with Crippen LogP contribution in [-0.4, -0.2) is 30.2 Å². The summed E-state index contributed by atoms with van der Waals surface area (Å²) < 4.78 is 0. The van der Waals surface area contributed by atoms with Gasteiger partial charge in [-0.15, -0.1) is 0 Å². The molecule has 104 valence electrons. The lowest BCUT2D eigenvalue weighted by atomic mass is 9.92. The highest BCUT2D eigenvalue weighted by atomic mass is 16.3. The van der Waals surface area contributed by atoms with E-state index in [1.54, 1.807) is 7.05 Å². The van der Waals surface area contributed by atoms with Crippen LogP contribution in [0.4, 0.5) is 5.69 Å². The van der Waals surface area contributed by atoms with E-state index in [1.165, 1.54) is 0 Å². The summed E-state index contributed by atoms with van der Waals surface area (Å²) in [4.78, 5) is 12.3. The fourth-order valence-electron chi connectivity index (χ4n) is 2.59.